The maximum absolute atomic E-state index is 12.1. The van der Waals surface area contributed by atoms with Gasteiger partial charge in [0.15, 0.2) is 0 Å². The number of benzene rings is 1. The number of halogens is 2. The van der Waals surface area contributed by atoms with Crippen LogP contribution in [0.5, 0.6) is 11.5 Å². The number of hydrogen-bond acceptors (Lipinski definition) is 3. The highest BCUT2D eigenvalue weighted by molar-refractivity contribution is 6.48. The molecule has 3 rings (SSSR count). The van der Waals surface area contributed by atoms with Crippen molar-refractivity contribution in [2.75, 3.05) is 13.2 Å². The molecule has 17 heavy (non-hydrogen) atoms. The Morgan fingerprint density at radius 3 is 1.88 bits per heavy atom. The molecule has 0 bridgehead atoms. The molecule has 1 fully saturated rings. The minimum Gasteiger partial charge on any atom is -0.520 e. The molecule has 2 heterocycles. The molecule has 0 amide bonds. The summed E-state index contributed by atoms with van der Waals surface area (Å²) >= 11 is 0. The van der Waals surface area contributed by atoms with E-state index in [9.17, 15) is 8.78 Å². The lowest BCUT2D eigenvalue weighted by Gasteiger charge is -2.00. The third kappa shape index (κ3) is 3.33. The zero-order valence-electron chi connectivity index (χ0n) is 9.27. The lowest BCUT2D eigenvalue weighted by atomic mass is 9.92. The van der Waals surface area contributed by atoms with E-state index in [2.05, 4.69) is 0 Å². The van der Waals surface area contributed by atoms with E-state index in [4.69, 9.17) is 14.0 Å². The van der Waals surface area contributed by atoms with E-state index in [0.717, 1.165) is 13.2 Å². The van der Waals surface area contributed by atoms with Crippen molar-refractivity contribution >= 4 is 7.12 Å². The molecular formula is C11H13BF2O3. The zero-order valence-corrected chi connectivity index (χ0v) is 9.27. The number of para-hydroxylation sites is 2. The first kappa shape index (κ1) is 12.2. The Hall–Kier alpha value is -1.30. The average Bonchev–Trinajstić information content (AvgIpc) is 3.01. The van der Waals surface area contributed by atoms with Crippen LogP contribution in [0.25, 0.3) is 0 Å². The third-order valence-corrected chi connectivity index (χ3v) is 2.37. The standard InChI is InChI=1S/C7H5BF2O2.C4H8O/c9-7(10)8-11-5-3-1-2-4-6(5)12-8;1-2-4-5-3-1/h1-4,7H;1-4H2. The van der Waals surface area contributed by atoms with Crippen molar-refractivity contribution < 1.29 is 22.8 Å². The van der Waals surface area contributed by atoms with Gasteiger partial charge in [0.1, 0.15) is 11.5 Å². The minimum atomic E-state index is -2.61. The van der Waals surface area contributed by atoms with E-state index in [1.165, 1.54) is 12.8 Å². The van der Waals surface area contributed by atoms with Gasteiger partial charge in [-0.25, -0.2) is 8.78 Å². The van der Waals surface area contributed by atoms with Crippen LogP contribution in [0.2, 0.25) is 0 Å². The Morgan fingerprint density at radius 1 is 1.00 bits per heavy atom. The third-order valence-electron chi connectivity index (χ3n) is 2.37. The largest absolute Gasteiger partial charge is 0.666 e. The summed E-state index contributed by atoms with van der Waals surface area (Å²) in [5.41, 5.74) is 0. The van der Waals surface area contributed by atoms with Crippen LogP contribution in [0.15, 0.2) is 24.3 Å². The van der Waals surface area contributed by atoms with Gasteiger partial charge in [0.2, 0.25) is 0 Å². The average molecular weight is 242 g/mol. The van der Waals surface area contributed by atoms with Crippen LogP contribution in [-0.4, -0.2) is 26.7 Å². The van der Waals surface area contributed by atoms with Crippen LogP contribution in [0, 0.1) is 0 Å². The van der Waals surface area contributed by atoms with Crippen LogP contribution < -0.4 is 9.31 Å². The first-order valence-electron chi connectivity index (χ1n) is 5.55. The normalized spacial score (nSPS) is 17.0. The molecule has 0 unspecified atom stereocenters. The second kappa shape index (κ2) is 5.86. The van der Waals surface area contributed by atoms with Crippen LogP contribution in [0.1, 0.15) is 12.8 Å². The topological polar surface area (TPSA) is 27.7 Å². The van der Waals surface area contributed by atoms with E-state index in [0.29, 0.717) is 11.5 Å². The Kier molecular flexibility index (Phi) is 4.20. The van der Waals surface area contributed by atoms with Crippen molar-refractivity contribution in [2.24, 2.45) is 0 Å². The van der Waals surface area contributed by atoms with Crippen LogP contribution in [-0.2, 0) is 4.74 Å². The smallest absolute Gasteiger partial charge is 0.520 e. The van der Waals surface area contributed by atoms with Crippen molar-refractivity contribution in [1.82, 2.24) is 0 Å². The van der Waals surface area contributed by atoms with Crippen molar-refractivity contribution in [2.45, 2.75) is 19.2 Å². The summed E-state index contributed by atoms with van der Waals surface area (Å²) in [6, 6.07) is 6.60. The second-order valence-corrected chi connectivity index (χ2v) is 3.70. The maximum Gasteiger partial charge on any atom is 0.666 e. The summed E-state index contributed by atoms with van der Waals surface area (Å²) in [7, 11) is -1.44. The highest BCUT2D eigenvalue weighted by Crippen LogP contribution is 2.33. The summed E-state index contributed by atoms with van der Waals surface area (Å²) in [5, 5.41) is 0. The van der Waals surface area contributed by atoms with Gasteiger partial charge in [-0.05, 0) is 25.0 Å². The van der Waals surface area contributed by atoms with E-state index in [-0.39, 0.29) is 0 Å². The molecule has 0 aliphatic carbocycles. The van der Waals surface area contributed by atoms with Gasteiger partial charge in [-0.2, -0.15) is 0 Å². The molecule has 0 N–H and O–H groups in total. The van der Waals surface area contributed by atoms with Crippen molar-refractivity contribution in [3.63, 3.8) is 0 Å². The summed E-state index contributed by atoms with van der Waals surface area (Å²) in [5.74, 6) is 0.755. The fourth-order valence-electron chi connectivity index (χ4n) is 1.53. The van der Waals surface area contributed by atoms with E-state index >= 15 is 0 Å². The van der Waals surface area contributed by atoms with E-state index in [1.807, 2.05) is 0 Å². The lowest BCUT2D eigenvalue weighted by Crippen LogP contribution is -2.33. The molecule has 0 atom stereocenters. The van der Waals surface area contributed by atoms with Gasteiger partial charge in [0, 0.05) is 13.2 Å². The molecule has 2 aliphatic heterocycles. The van der Waals surface area contributed by atoms with Crippen LogP contribution in [0.3, 0.4) is 0 Å². The summed E-state index contributed by atoms with van der Waals surface area (Å²) < 4.78 is 38.6. The molecule has 1 aromatic rings. The summed E-state index contributed by atoms with van der Waals surface area (Å²) in [4.78, 5) is 0. The van der Waals surface area contributed by atoms with Crippen molar-refractivity contribution in [3.05, 3.63) is 24.3 Å². The van der Waals surface area contributed by atoms with Crippen LogP contribution in [0.4, 0.5) is 8.78 Å². The van der Waals surface area contributed by atoms with E-state index < -0.39 is 13.4 Å². The Morgan fingerprint density at radius 2 is 1.53 bits per heavy atom. The summed E-state index contributed by atoms with van der Waals surface area (Å²) in [6.07, 6.45) is -0.0580. The SMILES string of the molecule is C1CCOC1.FC(F)B1Oc2ccccc2O1. The van der Waals surface area contributed by atoms with Gasteiger partial charge >= 0.3 is 13.4 Å². The maximum atomic E-state index is 12.1. The minimum absolute atomic E-state index is 0.378. The molecule has 6 heteroatoms. The molecule has 2 aliphatic rings. The molecular weight excluding hydrogens is 229 g/mol. The van der Waals surface area contributed by atoms with E-state index in [1.54, 1.807) is 24.3 Å². The molecule has 92 valence electrons. The highest BCUT2D eigenvalue weighted by Gasteiger charge is 2.41. The fourth-order valence-corrected chi connectivity index (χ4v) is 1.53. The Bertz CT molecular complexity index is 326. The van der Waals surface area contributed by atoms with Crippen molar-refractivity contribution in [1.29, 1.82) is 0 Å². The number of ether oxygens (including phenoxy) is 1. The molecule has 0 aromatic heterocycles. The number of hydrogen-bond donors (Lipinski definition) is 0. The van der Waals surface area contributed by atoms with Crippen molar-refractivity contribution in [3.8, 4) is 11.5 Å². The van der Waals surface area contributed by atoms with Crippen LogP contribution >= 0.6 is 0 Å². The predicted octanol–water partition coefficient (Wildman–Crippen LogP) is 2.55. The fraction of sp³-hybridized carbons (Fsp3) is 0.455. The first-order valence-corrected chi connectivity index (χ1v) is 5.55. The van der Waals surface area contributed by atoms with Gasteiger partial charge in [-0.1, -0.05) is 12.1 Å². The Labute approximate surface area is 98.8 Å². The molecule has 0 radical (unpaired) electrons. The van der Waals surface area contributed by atoms with Gasteiger partial charge in [-0.3, -0.25) is 0 Å². The van der Waals surface area contributed by atoms with Gasteiger partial charge in [-0.15, -0.1) is 0 Å². The monoisotopic (exact) mass is 242 g/mol. The first-order chi connectivity index (χ1) is 8.27. The highest BCUT2D eigenvalue weighted by atomic mass is 19.3. The number of alkyl halides is 2. The molecule has 1 saturated heterocycles. The van der Waals surface area contributed by atoms with Gasteiger partial charge < -0.3 is 14.0 Å². The molecule has 3 nitrogen and oxygen atoms in total. The molecule has 1 aromatic carbocycles. The number of fused-ring (bicyclic) bond motifs is 1. The molecule has 0 saturated carbocycles. The number of rotatable bonds is 1. The zero-order chi connectivity index (χ0) is 12.1. The summed E-state index contributed by atoms with van der Waals surface area (Å²) in [6.45, 7) is 2.00. The Balaban J connectivity index is 0.000000181. The second-order valence-electron chi connectivity index (χ2n) is 3.70. The van der Waals surface area contributed by atoms with Gasteiger partial charge in [0.25, 0.3) is 0 Å². The predicted molar refractivity (Wildman–Crippen MR) is 59.5 cm³/mol. The quantitative estimate of drug-likeness (QED) is 0.708. The molecule has 0 spiro atoms. The van der Waals surface area contributed by atoms with Gasteiger partial charge in [0.05, 0.1) is 0 Å². The lowest BCUT2D eigenvalue weighted by molar-refractivity contribution is 0.196.